The van der Waals surface area contributed by atoms with Crippen LogP contribution in [0.2, 0.25) is 0 Å². The van der Waals surface area contributed by atoms with E-state index < -0.39 is 35.2 Å². The van der Waals surface area contributed by atoms with Crippen molar-refractivity contribution >= 4 is 23.9 Å². The van der Waals surface area contributed by atoms with Gasteiger partial charge in [0.1, 0.15) is 17.7 Å². The molecule has 2 aliphatic heterocycles. The third-order valence-electron chi connectivity index (χ3n) is 7.17. The van der Waals surface area contributed by atoms with E-state index in [0.717, 1.165) is 12.0 Å². The van der Waals surface area contributed by atoms with Crippen LogP contribution in [-0.2, 0) is 24.5 Å². The molecule has 1 aromatic carbocycles. The quantitative estimate of drug-likeness (QED) is 0.574. The average Bonchev–Trinajstić information content (AvgIpc) is 3.32. The summed E-state index contributed by atoms with van der Waals surface area (Å²) in [5, 5.41) is 12.5. The molecular formula is C28H41N3O6. The van der Waals surface area contributed by atoms with Gasteiger partial charge in [-0.2, -0.15) is 0 Å². The van der Waals surface area contributed by atoms with Crippen molar-refractivity contribution in [3.05, 3.63) is 35.9 Å². The maximum atomic E-state index is 13.7. The van der Waals surface area contributed by atoms with E-state index in [4.69, 9.17) is 4.74 Å². The molecule has 2 N–H and O–H groups in total. The molecule has 0 aliphatic carbocycles. The van der Waals surface area contributed by atoms with Crippen molar-refractivity contribution in [3.63, 3.8) is 0 Å². The normalized spacial score (nSPS) is 20.4. The van der Waals surface area contributed by atoms with E-state index in [-0.39, 0.29) is 17.7 Å². The maximum absolute atomic E-state index is 13.7. The second kappa shape index (κ2) is 11.5. The highest BCUT2D eigenvalue weighted by molar-refractivity contribution is 5.92. The monoisotopic (exact) mass is 515 g/mol. The number of aliphatic carboxylic acids is 1. The molecule has 0 aromatic heterocycles. The summed E-state index contributed by atoms with van der Waals surface area (Å²) in [5.41, 5.74) is -0.780. The number of amides is 3. The molecule has 0 bridgehead atoms. The van der Waals surface area contributed by atoms with Crippen molar-refractivity contribution in [1.82, 2.24) is 15.1 Å². The first-order chi connectivity index (χ1) is 17.3. The first-order valence-electron chi connectivity index (χ1n) is 13.2. The van der Waals surface area contributed by atoms with Crippen LogP contribution in [0.1, 0.15) is 72.3 Å². The number of hydrogen-bond acceptors (Lipinski definition) is 5. The van der Waals surface area contributed by atoms with Gasteiger partial charge in [0.05, 0.1) is 5.41 Å². The molecular weight excluding hydrogens is 474 g/mol. The van der Waals surface area contributed by atoms with Crippen LogP contribution in [0, 0.1) is 5.92 Å². The molecule has 0 unspecified atom stereocenters. The van der Waals surface area contributed by atoms with Crippen molar-refractivity contribution in [1.29, 1.82) is 0 Å². The van der Waals surface area contributed by atoms with E-state index in [2.05, 4.69) is 5.32 Å². The van der Waals surface area contributed by atoms with Gasteiger partial charge in [-0.3, -0.25) is 14.5 Å². The third-order valence-corrected chi connectivity index (χ3v) is 7.17. The number of carboxylic acid groups (broad SMARTS) is 1. The summed E-state index contributed by atoms with van der Waals surface area (Å²) in [5.74, 6) is -1.40. The third kappa shape index (κ3) is 6.81. The minimum atomic E-state index is -1.05. The number of carbonyl (C=O) groups is 4. The molecule has 2 atom stereocenters. The second-order valence-electron chi connectivity index (χ2n) is 11.6. The summed E-state index contributed by atoms with van der Waals surface area (Å²) in [6, 6.07) is 7.82. The van der Waals surface area contributed by atoms with E-state index in [0.29, 0.717) is 45.3 Å². The summed E-state index contributed by atoms with van der Waals surface area (Å²) in [4.78, 5) is 55.0. The highest BCUT2D eigenvalue weighted by Gasteiger charge is 2.47. The Morgan fingerprint density at radius 1 is 1.08 bits per heavy atom. The van der Waals surface area contributed by atoms with Crippen LogP contribution in [0.3, 0.4) is 0 Å². The SMILES string of the molecule is CC(C)C[C@@H](NC(=O)C1(c2ccccc2)CCN(C(=O)[C@@H]2CCCN2C(=O)OC(C)(C)C)CC1)C(=O)O. The van der Waals surface area contributed by atoms with E-state index in [1.54, 1.807) is 25.7 Å². The Morgan fingerprint density at radius 2 is 1.70 bits per heavy atom. The molecule has 0 saturated carbocycles. The van der Waals surface area contributed by atoms with Crippen LogP contribution >= 0.6 is 0 Å². The van der Waals surface area contributed by atoms with E-state index >= 15 is 0 Å². The van der Waals surface area contributed by atoms with Crippen LogP contribution in [0.15, 0.2) is 30.3 Å². The number of piperidine rings is 1. The van der Waals surface area contributed by atoms with Crippen molar-refractivity contribution in [3.8, 4) is 0 Å². The molecule has 9 nitrogen and oxygen atoms in total. The Balaban J connectivity index is 1.77. The second-order valence-corrected chi connectivity index (χ2v) is 11.6. The summed E-state index contributed by atoms with van der Waals surface area (Å²) < 4.78 is 5.51. The number of carbonyl (C=O) groups excluding carboxylic acids is 3. The van der Waals surface area contributed by atoms with Gasteiger partial charge in [-0.25, -0.2) is 9.59 Å². The zero-order valence-electron chi connectivity index (χ0n) is 22.7. The van der Waals surface area contributed by atoms with Gasteiger partial charge in [0.25, 0.3) is 0 Å². The number of hydrogen-bond donors (Lipinski definition) is 2. The maximum Gasteiger partial charge on any atom is 0.410 e. The number of carboxylic acids is 1. The fourth-order valence-corrected chi connectivity index (χ4v) is 5.28. The summed E-state index contributed by atoms with van der Waals surface area (Å²) in [7, 11) is 0. The molecule has 37 heavy (non-hydrogen) atoms. The Kier molecular flexibility index (Phi) is 8.87. The predicted octanol–water partition coefficient (Wildman–Crippen LogP) is 3.56. The molecule has 3 rings (SSSR count). The van der Waals surface area contributed by atoms with Crippen LogP contribution in [0.25, 0.3) is 0 Å². The minimum absolute atomic E-state index is 0.105. The fraction of sp³-hybridized carbons (Fsp3) is 0.643. The highest BCUT2D eigenvalue weighted by Crippen LogP contribution is 2.37. The van der Waals surface area contributed by atoms with Gasteiger partial charge < -0.3 is 20.1 Å². The molecule has 0 spiro atoms. The number of nitrogens with one attached hydrogen (secondary N) is 1. The van der Waals surface area contributed by atoms with Gasteiger partial charge in [-0.15, -0.1) is 0 Å². The molecule has 2 aliphatic rings. The van der Waals surface area contributed by atoms with E-state index in [9.17, 15) is 24.3 Å². The molecule has 2 heterocycles. The molecule has 204 valence electrons. The van der Waals surface area contributed by atoms with E-state index in [1.165, 1.54) is 4.90 Å². The Morgan fingerprint density at radius 3 is 2.24 bits per heavy atom. The lowest BCUT2D eigenvalue weighted by atomic mass is 9.71. The fourth-order valence-electron chi connectivity index (χ4n) is 5.28. The number of benzene rings is 1. The Bertz CT molecular complexity index is 979. The van der Waals surface area contributed by atoms with Gasteiger partial charge in [0, 0.05) is 19.6 Å². The molecule has 0 radical (unpaired) electrons. The van der Waals surface area contributed by atoms with Gasteiger partial charge in [-0.05, 0) is 64.4 Å². The number of nitrogens with zero attached hydrogens (tertiary/aromatic N) is 2. The van der Waals surface area contributed by atoms with Crippen LogP contribution < -0.4 is 5.32 Å². The number of rotatable bonds is 7. The van der Waals surface area contributed by atoms with Crippen molar-refractivity contribution in [2.45, 2.75) is 89.8 Å². The zero-order chi connectivity index (χ0) is 27.4. The Labute approximate surface area is 219 Å². The topological polar surface area (TPSA) is 116 Å². The zero-order valence-corrected chi connectivity index (χ0v) is 22.7. The average molecular weight is 516 g/mol. The highest BCUT2D eigenvalue weighted by atomic mass is 16.6. The van der Waals surface area contributed by atoms with Crippen LogP contribution in [-0.4, -0.2) is 76.1 Å². The first kappa shape index (κ1) is 28.5. The first-order valence-corrected chi connectivity index (χ1v) is 13.2. The van der Waals surface area contributed by atoms with Crippen molar-refractivity contribution in [2.75, 3.05) is 19.6 Å². The Hall–Kier alpha value is -3.10. The molecule has 9 heteroatoms. The summed E-state index contributed by atoms with van der Waals surface area (Å²) in [6.45, 7) is 10.4. The van der Waals surface area contributed by atoms with Crippen molar-refractivity contribution < 1.29 is 29.0 Å². The van der Waals surface area contributed by atoms with E-state index in [1.807, 2.05) is 44.2 Å². The lowest BCUT2D eigenvalue weighted by molar-refractivity contribution is -0.144. The summed E-state index contributed by atoms with van der Waals surface area (Å²) >= 11 is 0. The van der Waals surface area contributed by atoms with Gasteiger partial charge in [-0.1, -0.05) is 44.2 Å². The number of likely N-dealkylation sites (tertiary alicyclic amines) is 2. The lowest BCUT2D eigenvalue weighted by Gasteiger charge is -2.42. The summed E-state index contributed by atoms with van der Waals surface area (Å²) in [6.07, 6.45) is 1.88. The standard InChI is InChI=1S/C28H41N3O6/c1-19(2)18-21(24(33)34)29-25(35)28(20-10-7-6-8-11-20)13-16-30(17-14-28)23(32)22-12-9-15-31(22)26(36)37-27(3,4)5/h6-8,10-11,19,21-22H,9,12-18H2,1-5H3,(H,29,35)(H,33,34)/t21-,22+/m1/s1. The molecule has 3 amide bonds. The largest absolute Gasteiger partial charge is 0.480 e. The van der Waals surface area contributed by atoms with Crippen molar-refractivity contribution in [2.24, 2.45) is 5.92 Å². The minimum Gasteiger partial charge on any atom is -0.480 e. The predicted molar refractivity (Wildman–Crippen MR) is 139 cm³/mol. The molecule has 2 saturated heterocycles. The molecule has 1 aromatic rings. The molecule has 2 fully saturated rings. The lowest BCUT2D eigenvalue weighted by Crippen LogP contribution is -2.57. The smallest absolute Gasteiger partial charge is 0.410 e. The van der Waals surface area contributed by atoms with Crippen LogP contribution in [0.5, 0.6) is 0 Å². The van der Waals surface area contributed by atoms with Gasteiger partial charge in [0.15, 0.2) is 0 Å². The van der Waals surface area contributed by atoms with Gasteiger partial charge in [0.2, 0.25) is 11.8 Å². The van der Waals surface area contributed by atoms with Gasteiger partial charge >= 0.3 is 12.1 Å². The number of ether oxygens (including phenoxy) is 1. The van der Waals surface area contributed by atoms with Crippen LogP contribution in [0.4, 0.5) is 4.79 Å².